The van der Waals surface area contributed by atoms with E-state index in [9.17, 15) is 9.36 Å². The van der Waals surface area contributed by atoms with Gasteiger partial charge in [0.2, 0.25) is 0 Å². The highest BCUT2D eigenvalue weighted by Crippen LogP contribution is 2.63. The summed E-state index contributed by atoms with van der Waals surface area (Å²) >= 11 is 0. The maximum absolute atomic E-state index is 12.8. The summed E-state index contributed by atoms with van der Waals surface area (Å²) in [6.45, 7) is 3.45. The highest BCUT2D eigenvalue weighted by molar-refractivity contribution is 7.54. The molecule has 1 amide bonds. The van der Waals surface area contributed by atoms with Gasteiger partial charge in [-0.1, -0.05) is 0 Å². The van der Waals surface area contributed by atoms with Crippen LogP contribution in [0.4, 0.5) is 4.79 Å². The fourth-order valence-corrected chi connectivity index (χ4v) is 3.56. The lowest BCUT2D eigenvalue weighted by Crippen LogP contribution is -2.34. The molecule has 2 rings (SSSR count). The van der Waals surface area contributed by atoms with E-state index < -0.39 is 19.5 Å². The maximum atomic E-state index is 12.8. The number of fused-ring (bicyclic) bond motifs is 1. The number of rotatable bonds is 4. The van der Waals surface area contributed by atoms with Gasteiger partial charge in [-0.2, -0.15) is 0 Å². The molecule has 0 bridgehead atoms. The molecule has 0 fully saturated rings. The Kier molecular flexibility index (Phi) is 4.56. The molecule has 1 atom stereocenters. The summed E-state index contributed by atoms with van der Waals surface area (Å²) in [4.78, 5) is 13.4. The van der Waals surface area contributed by atoms with Crippen LogP contribution in [0.1, 0.15) is 31.0 Å². The molecule has 1 unspecified atom stereocenters. The first kappa shape index (κ1) is 15.8. The minimum absolute atomic E-state index is 0.311. The highest BCUT2D eigenvalue weighted by atomic mass is 31.2. The van der Waals surface area contributed by atoms with Crippen molar-refractivity contribution in [1.29, 1.82) is 0 Å². The summed E-state index contributed by atoms with van der Waals surface area (Å²) in [5.74, 6) is -0.681. The van der Waals surface area contributed by atoms with Crippen LogP contribution in [0, 0.1) is 0 Å². The van der Waals surface area contributed by atoms with Crippen LogP contribution in [-0.4, -0.2) is 31.3 Å². The Morgan fingerprint density at radius 2 is 2.05 bits per heavy atom. The van der Waals surface area contributed by atoms with E-state index in [1.807, 2.05) is 0 Å². The molecule has 0 aliphatic carbocycles. The van der Waals surface area contributed by atoms with Crippen molar-refractivity contribution in [2.45, 2.75) is 25.7 Å². The quantitative estimate of drug-likeness (QED) is 0.790. The van der Waals surface area contributed by atoms with E-state index in [1.165, 1.54) is 31.6 Å². The van der Waals surface area contributed by atoms with E-state index in [0.717, 1.165) is 0 Å². The molecule has 1 aromatic rings. The van der Waals surface area contributed by atoms with Crippen LogP contribution in [0.5, 0.6) is 0 Å². The fraction of sp³-hybridized carbons (Fsp3) is 0.462. The molecule has 1 aliphatic heterocycles. The molecule has 8 heteroatoms. The first-order chi connectivity index (χ1) is 9.92. The predicted octanol–water partition coefficient (Wildman–Crippen LogP) is 3.60. The Balaban J connectivity index is 2.45. The molecule has 0 spiro atoms. The molecule has 0 aromatic carbocycles. The van der Waals surface area contributed by atoms with E-state index >= 15 is 0 Å². The van der Waals surface area contributed by atoms with Gasteiger partial charge >= 0.3 is 13.7 Å². The van der Waals surface area contributed by atoms with Crippen LogP contribution >= 0.6 is 7.60 Å². The Morgan fingerprint density at radius 1 is 1.38 bits per heavy atom. The van der Waals surface area contributed by atoms with Crippen molar-refractivity contribution in [1.82, 2.24) is 4.90 Å². The fourth-order valence-electron chi connectivity index (χ4n) is 2.04. The molecule has 1 aliphatic rings. The molecular formula is C13H18NO6P. The number of furan rings is 1. The molecule has 1 aromatic heterocycles. The van der Waals surface area contributed by atoms with Crippen molar-refractivity contribution in [2.75, 3.05) is 14.2 Å². The molecule has 116 valence electrons. The minimum atomic E-state index is -3.63. The highest BCUT2D eigenvalue weighted by Gasteiger charge is 2.46. The van der Waals surface area contributed by atoms with Gasteiger partial charge in [-0.3, -0.25) is 9.46 Å². The molecule has 0 saturated heterocycles. The normalized spacial score (nSPS) is 18.0. The first-order valence-corrected chi connectivity index (χ1v) is 8.00. The zero-order valence-electron chi connectivity index (χ0n) is 12.3. The second-order valence-corrected chi connectivity index (χ2v) is 6.97. The maximum Gasteiger partial charge on any atom is 0.415 e. The minimum Gasteiger partial charge on any atom is -0.466 e. The average molecular weight is 315 g/mol. The number of carbonyl (C=O) groups is 1. The second kappa shape index (κ2) is 6.05. The lowest BCUT2D eigenvalue weighted by molar-refractivity contribution is 0.0794. The Hall–Kier alpha value is -1.56. The number of hydrogen-bond acceptors (Lipinski definition) is 6. The van der Waals surface area contributed by atoms with E-state index in [2.05, 4.69) is 0 Å². The zero-order chi connectivity index (χ0) is 15.6. The number of hydrogen-bond donors (Lipinski definition) is 0. The topological polar surface area (TPSA) is 78.2 Å². The number of ether oxygens (including phenoxy) is 1. The van der Waals surface area contributed by atoms with Gasteiger partial charge in [-0.05, 0) is 26.0 Å². The van der Waals surface area contributed by atoms with Gasteiger partial charge in [0, 0.05) is 26.0 Å². The molecule has 0 N–H and O–H groups in total. The van der Waals surface area contributed by atoms with Crippen LogP contribution in [-0.2, 0) is 18.3 Å². The van der Waals surface area contributed by atoms with E-state index in [-0.39, 0.29) is 6.10 Å². The number of nitrogens with zero attached hydrogens (tertiary/aromatic N) is 1. The van der Waals surface area contributed by atoms with Crippen molar-refractivity contribution in [2.24, 2.45) is 0 Å². The van der Waals surface area contributed by atoms with E-state index in [4.69, 9.17) is 18.2 Å². The summed E-state index contributed by atoms with van der Waals surface area (Å²) in [5, 5.41) is 0. The Bertz CT molecular complexity index is 585. The summed E-state index contributed by atoms with van der Waals surface area (Å²) < 4.78 is 33.4. The van der Waals surface area contributed by atoms with Crippen molar-refractivity contribution in [3.63, 3.8) is 0 Å². The first-order valence-electron chi connectivity index (χ1n) is 6.38. The summed E-state index contributed by atoms with van der Waals surface area (Å²) in [6, 6.07) is 1.71. The molecule has 7 nitrogen and oxygen atoms in total. The van der Waals surface area contributed by atoms with Crippen LogP contribution in [0.25, 0.3) is 6.08 Å². The standard InChI is InChI=1S/C13H18NO6P/c1-9(2)20-13(15)14-7-5-10-6-8-19-11(10)12(14)21(16,17-3)18-4/h5-9,12H,1-4H3. The van der Waals surface area contributed by atoms with Gasteiger partial charge in [0.15, 0.2) is 5.78 Å². The third-order valence-corrected chi connectivity index (χ3v) is 5.10. The van der Waals surface area contributed by atoms with Gasteiger partial charge in [-0.25, -0.2) is 4.79 Å². The Morgan fingerprint density at radius 3 is 2.62 bits per heavy atom. The van der Waals surface area contributed by atoms with Crippen LogP contribution in [0.3, 0.4) is 0 Å². The Labute approximate surface area is 123 Å². The molecule has 0 saturated carbocycles. The predicted molar refractivity (Wildman–Crippen MR) is 75.6 cm³/mol. The van der Waals surface area contributed by atoms with Crippen LogP contribution < -0.4 is 0 Å². The van der Waals surface area contributed by atoms with Gasteiger partial charge < -0.3 is 18.2 Å². The SMILES string of the molecule is COP(=O)(OC)C1c2occc2C=CN1C(=O)OC(C)C. The molecule has 0 radical (unpaired) electrons. The molecule has 2 heterocycles. The van der Waals surface area contributed by atoms with Gasteiger partial charge in [0.1, 0.15) is 5.76 Å². The lowest BCUT2D eigenvalue weighted by atomic mass is 10.2. The third kappa shape index (κ3) is 2.90. The summed E-state index contributed by atoms with van der Waals surface area (Å²) in [5.41, 5.74) is 0.711. The zero-order valence-corrected chi connectivity index (χ0v) is 13.2. The van der Waals surface area contributed by atoms with E-state index in [0.29, 0.717) is 11.3 Å². The third-order valence-electron chi connectivity index (χ3n) is 3.00. The van der Waals surface area contributed by atoms with Gasteiger partial charge in [0.25, 0.3) is 0 Å². The van der Waals surface area contributed by atoms with Crippen molar-refractivity contribution < 1.29 is 27.6 Å². The monoisotopic (exact) mass is 315 g/mol. The average Bonchev–Trinajstić information content (AvgIpc) is 2.92. The molecular weight excluding hydrogens is 297 g/mol. The largest absolute Gasteiger partial charge is 0.466 e. The summed E-state index contributed by atoms with van der Waals surface area (Å²) in [7, 11) is -1.11. The van der Waals surface area contributed by atoms with Crippen molar-refractivity contribution in [3.8, 4) is 0 Å². The second-order valence-electron chi connectivity index (χ2n) is 4.67. The number of amides is 1. The van der Waals surface area contributed by atoms with Crippen LogP contribution in [0.2, 0.25) is 0 Å². The van der Waals surface area contributed by atoms with Gasteiger partial charge in [-0.15, -0.1) is 0 Å². The smallest absolute Gasteiger partial charge is 0.415 e. The summed E-state index contributed by atoms with van der Waals surface area (Å²) in [6.07, 6.45) is 3.65. The number of carbonyl (C=O) groups excluding carboxylic acids is 1. The molecule has 21 heavy (non-hydrogen) atoms. The lowest BCUT2D eigenvalue weighted by Gasteiger charge is -2.33. The van der Waals surface area contributed by atoms with Gasteiger partial charge in [0.05, 0.1) is 12.4 Å². The van der Waals surface area contributed by atoms with E-state index in [1.54, 1.807) is 26.0 Å². The van der Waals surface area contributed by atoms with Crippen LogP contribution in [0.15, 0.2) is 22.9 Å². The van der Waals surface area contributed by atoms with Crippen molar-refractivity contribution >= 4 is 19.8 Å². The van der Waals surface area contributed by atoms with Crippen molar-refractivity contribution in [3.05, 3.63) is 29.9 Å².